The van der Waals surface area contributed by atoms with Crippen LogP contribution in [0, 0.1) is 32.1 Å². The molecular weight excluding hydrogens is 296 g/mol. The van der Waals surface area contributed by atoms with Gasteiger partial charge in [0.05, 0.1) is 5.69 Å². The standard InChI is InChI=1S/C16H16N4OS/c1-10-7-12(3)19-16(13(10)8-17)22-9-15(21)20-14-6-4-5-11(2)18-14/h4-7H,9H2,1-3H3,(H,18,20,21)/p+2. The summed E-state index contributed by atoms with van der Waals surface area (Å²) in [5.74, 6) is 0.773. The summed E-state index contributed by atoms with van der Waals surface area (Å²) in [6, 6.07) is 9.71. The number of H-pyrrole nitrogens is 2. The van der Waals surface area contributed by atoms with E-state index in [4.69, 9.17) is 0 Å². The highest BCUT2D eigenvalue weighted by Gasteiger charge is 2.18. The number of aromatic amines is 2. The van der Waals surface area contributed by atoms with Crippen LogP contribution in [0.25, 0.3) is 0 Å². The number of nitrogens with zero attached hydrogens (tertiary/aromatic N) is 1. The normalized spacial score (nSPS) is 10.1. The van der Waals surface area contributed by atoms with Gasteiger partial charge in [-0.2, -0.15) is 5.26 Å². The minimum absolute atomic E-state index is 0.122. The smallest absolute Gasteiger partial charge is 0.246 e. The molecule has 0 spiro atoms. The topological polar surface area (TPSA) is 81.2 Å². The second-order valence-corrected chi connectivity index (χ2v) is 6.02. The number of carbonyl (C=O) groups excluding carboxylic acids is 1. The summed E-state index contributed by atoms with van der Waals surface area (Å²) in [7, 11) is 0. The Morgan fingerprint density at radius 1 is 1.27 bits per heavy atom. The fraction of sp³-hybridized carbons (Fsp3) is 0.250. The maximum Gasteiger partial charge on any atom is 0.317 e. The molecule has 2 aromatic rings. The maximum atomic E-state index is 12.0. The SMILES string of the molecule is Cc1cccc(NC(=O)CSc2[nH+]c(C)cc(C)c2C#N)[nH+]1. The number of thioether (sulfide) groups is 1. The van der Waals surface area contributed by atoms with Gasteiger partial charge in [0.25, 0.3) is 10.8 Å². The highest BCUT2D eigenvalue weighted by molar-refractivity contribution is 7.99. The van der Waals surface area contributed by atoms with E-state index in [0.29, 0.717) is 11.4 Å². The third kappa shape index (κ3) is 4.06. The van der Waals surface area contributed by atoms with E-state index in [-0.39, 0.29) is 11.7 Å². The zero-order chi connectivity index (χ0) is 16.1. The largest absolute Gasteiger partial charge is 0.317 e. The Labute approximate surface area is 133 Å². The summed E-state index contributed by atoms with van der Waals surface area (Å²) >= 11 is 1.33. The van der Waals surface area contributed by atoms with E-state index >= 15 is 0 Å². The van der Waals surface area contributed by atoms with Crippen molar-refractivity contribution in [2.24, 2.45) is 0 Å². The Morgan fingerprint density at radius 2 is 2.05 bits per heavy atom. The van der Waals surface area contributed by atoms with E-state index < -0.39 is 0 Å². The van der Waals surface area contributed by atoms with Gasteiger partial charge in [0.1, 0.15) is 17.4 Å². The fourth-order valence-electron chi connectivity index (χ4n) is 2.08. The zero-order valence-corrected chi connectivity index (χ0v) is 13.6. The number of aromatic nitrogens is 2. The van der Waals surface area contributed by atoms with Gasteiger partial charge in [0.2, 0.25) is 0 Å². The molecule has 0 fully saturated rings. The molecule has 6 heteroatoms. The Kier molecular flexibility index (Phi) is 5.12. The van der Waals surface area contributed by atoms with Gasteiger partial charge in [-0.1, -0.05) is 6.07 Å². The van der Waals surface area contributed by atoms with Crippen LogP contribution >= 0.6 is 11.8 Å². The maximum absolute atomic E-state index is 12.0. The van der Waals surface area contributed by atoms with Crippen molar-refractivity contribution in [2.45, 2.75) is 25.8 Å². The monoisotopic (exact) mass is 314 g/mol. The van der Waals surface area contributed by atoms with Crippen molar-refractivity contribution in [3.05, 3.63) is 46.8 Å². The molecular formula is C16H18N4OS+2. The second kappa shape index (κ2) is 7.05. The minimum atomic E-state index is -0.122. The lowest BCUT2D eigenvalue weighted by molar-refractivity contribution is -0.435. The van der Waals surface area contributed by atoms with Crippen LogP contribution in [-0.2, 0) is 4.79 Å². The number of nitriles is 1. The molecule has 2 rings (SSSR count). The van der Waals surface area contributed by atoms with E-state index in [1.165, 1.54) is 11.8 Å². The van der Waals surface area contributed by atoms with Crippen LogP contribution in [-0.4, -0.2) is 11.7 Å². The second-order valence-electron chi connectivity index (χ2n) is 5.04. The number of rotatable bonds is 4. The van der Waals surface area contributed by atoms with Crippen molar-refractivity contribution in [2.75, 3.05) is 11.1 Å². The number of pyridine rings is 2. The summed E-state index contributed by atoms with van der Waals surface area (Å²) in [5.41, 5.74) is 3.44. The number of hydrogen-bond acceptors (Lipinski definition) is 3. The molecule has 1 amide bonds. The molecule has 0 unspecified atom stereocenters. The van der Waals surface area contributed by atoms with Gasteiger partial charge in [0.15, 0.2) is 5.69 Å². The fourth-order valence-corrected chi connectivity index (χ4v) is 3.01. The third-order valence-electron chi connectivity index (χ3n) is 3.04. The number of amides is 1. The van der Waals surface area contributed by atoms with E-state index in [2.05, 4.69) is 21.4 Å². The molecule has 0 radical (unpaired) electrons. The van der Waals surface area contributed by atoms with Crippen LogP contribution < -0.4 is 15.3 Å². The minimum Gasteiger partial charge on any atom is -0.246 e. The van der Waals surface area contributed by atoms with Gasteiger partial charge < -0.3 is 0 Å². The molecule has 22 heavy (non-hydrogen) atoms. The van der Waals surface area contributed by atoms with Crippen molar-refractivity contribution in [1.82, 2.24) is 0 Å². The van der Waals surface area contributed by atoms with Crippen LogP contribution in [0.2, 0.25) is 0 Å². The van der Waals surface area contributed by atoms with Crippen molar-refractivity contribution in [1.29, 1.82) is 5.26 Å². The first kappa shape index (κ1) is 16.0. The summed E-state index contributed by atoms with van der Waals surface area (Å²) in [5, 5.41) is 12.8. The van der Waals surface area contributed by atoms with Crippen LogP contribution in [0.5, 0.6) is 0 Å². The molecule has 0 saturated carbocycles. The number of nitrogens with one attached hydrogen (secondary N) is 3. The van der Waals surface area contributed by atoms with Crippen molar-refractivity contribution >= 4 is 23.5 Å². The molecule has 0 aromatic carbocycles. The Balaban J connectivity index is 2.04. The van der Waals surface area contributed by atoms with E-state index in [1.807, 2.05) is 39.0 Å². The van der Waals surface area contributed by atoms with Gasteiger partial charge in [-0.3, -0.25) is 0 Å². The molecule has 0 aliphatic heterocycles. The Bertz CT molecular complexity index is 752. The molecule has 0 aliphatic carbocycles. The molecule has 3 N–H and O–H groups in total. The first-order valence-electron chi connectivity index (χ1n) is 6.85. The molecule has 0 saturated heterocycles. The molecule has 0 bridgehead atoms. The van der Waals surface area contributed by atoms with Gasteiger partial charge in [-0.25, -0.2) is 20.1 Å². The van der Waals surface area contributed by atoms with Gasteiger partial charge in [-0.15, -0.1) is 0 Å². The lowest BCUT2D eigenvalue weighted by Crippen LogP contribution is -2.23. The number of aryl methyl sites for hydroxylation is 3. The lowest BCUT2D eigenvalue weighted by Gasteiger charge is -2.01. The molecule has 2 heterocycles. The van der Waals surface area contributed by atoms with Crippen molar-refractivity contribution in [3.63, 3.8) is 0 Å². The molecule has 5 nitrogen and oxygen atoms in total. The highest BCUT2D eigenvalue weighted by atomic mass is 32.2. The highest BCUT2D eigenvalue weighted by Crippen LogP contribution is 2.20. The van der Waals surface area contributed by atoms with Gasteiger partial charge in [-0.05, 0) is 37.2 Å². The quantitative estimate of drug-likeness (QED) is 0.874. The molecule has 0 aliphatic rings. The average Bonchev–Trinajstić information content (AvgIpc) is 2.44. The van der Waals surface area contributed by atoms with Crippen LogP contribution in [0.3, 0.4) is 0 Å². The number of hydrogen-bond donors (Lipinski definition) is 1. The predicted molar refractivity (Wildman–Crippen MR) is 84.3 cm³/mol. The van der Waals surface area contributed by atoms with Crippen LogP contribution in [0.4, 0.5) is 5.82 Å². The third-order valence-corrected chi connectivity index (χ3v) is 4.04. The first-order valence-corrected chi connectivity index (χ1v) is 7.83. The summed E-state index contributed by atoms with van der Waals surface area (Å²) in [6.45, 7) is 5.75. The molecule has 112 valence electrons. The van der Waals surface area contributed by atoms with Crippen LogP contribution in [0.1, 0.15) is 22.5 Å². The van der Waals surface area contributed by atoms with E-state index in [1.54, 1.807) is 6.07 Å². The molecule has 0 atom stereocenters. The van der Waals surface area contributed by atoms with E-state index in [9.17, 15) is 10.1 Å². The zero-order valence-electron chi connectivity index (χ0n) is 12.8. The lowest BCUT2D eigenvalue weighted by atomic mass is 10.1. The summed E-state index contributed by atoms with van der Waals surface area (Å²) in [4.78, 5) is 18.2. The Morgan fingerprint density at radius 3 is 2.73 bits per heavy atom. The number of anilines is 1. The summed E-state index contributed by atoms with van der Waals surface area (Å²) in [6.07, 6.45) is 0. The number of carbonyl (C=O) groups is 1. The molecule has 2 aromatic heterocycles. The summed E-state index contributed by atoms with van der Waals surface area (Å²) < 4.78 is 0. The van der Waals surface area contributed by atoms with Crippen molar-refractivity contribution in [3.8, 4) is 6.07 Å². The van der Waals surface area contributed by atoms with Crippen LogP contribution in [0.15, 0.2) is 29.3 Å². The van der Waals surface area contributed by atoms with Gasteiger partial charge in [0, 0.05) is 19.1 Å². The Hall–Kier alpha value is -2.39. The predicted octanol–water partition coefficient (Wildman–Crippen LogP) is 1.84. The van der Waals surface area contributed by atoms with Crippen molar-refractivity contribution < 1.29 is 14.8 Å². The van der Waals surface area contributed by atoms with Gasteiger partial charge >= 0.3 is 5.91 Å². The average molecular weight is 314 g/mol. The first-order chi connectivity index (χ1) is 10.5. The van der Waals surface area contributed by atoms with E-state index in [0.717, 1.165) is 22.0 Å².